The van der Waals surface area contributed by atoms with Crippen LogP contribution in [-0.2, 0) is 4.74 Å². The Kier molecular flexibility index (Phi) is 5.26. The average molecular weight is 227 g/mol. The Balaban J connectivity index is 2.47. The zero-order valence-electron chi connectivity index (χ0n) is 11.8. The standard InChI is InChI=1S/C14H29NO/c1-6-16-11-10-15-9-7-8-13(12(15)2)14(3,4)5/h12-13H,6-11H2,1-5H3/t12-,13?/m1/s1. The Morgan fingerprint density at radius 3 is 2.56 bits per heavy atom. The van der Waals surface area contributed by atoms with E-state index < -0.39 is 0 Å². The molecule has 1 heterocycles. The van der Waals surface area contributed by atoms with Crippen LogP contribution in [-0.4, -0.2) is 37.2 Å². The Morgan fingerprint density at radius 2 is 2.00 bits per heavy atom. The molecule has 0 aromatic heterocycles. The SMILES string of the molecule is CCOCCN1CCCC(C(C)(C)C)[C@H]1C. The molecule has 1 unspecified atom stereocenters. The van der Waals surface area contributed by atoms with E-state index in [-0.39, 0.29) is 0 Å². The normalized spacial score (nSPS) is 28.3. The van der Waals surface area contributed by atoms with Gasteiger partial charge in [-0.05, 0) is 44.6 Å². The number of hydrogen-bond acceptors (Lipinski definition) is 2. The highest BCUT2D eigenvalue weighted by Gasteiger charge is 2.35. The topological polar surface area (TPSA) is 12.5 Å². The third-order valence-corrected chi connectivity index (χ3v) is 3.96. The molecule has 1 aliphatic heterocycles. The predicted octanol–water partition coefficient (Wildman–Crippen LogP) is 3.17. The van der Waals surface area contributed by atoms with Gasteiger partial charge in [-0.15, -0.1) is 0 Å². The molecule has 2 heteroatoms. The largest absolute Gasteiger partial charge is 0.380 e. The highest BCUT2D eigenvalue weighted by atomic mass is 16.5. The summed E-state index contributed by atoms with van der Waals surface area (Å²) in [5.74, 6) is 0.822. The summed E-state index contributed by atoms with van der Waals surface area (Å²) in [6.45, 7) is 15.7. The second-order valence-electron chi connectivity index (χ2n) is 6.09. The van der Waals surface area contributed by atoms with Gasteiger partial charge in [-0.1, -0.05) is 20.8 Å². The van der Waals surface area contributed by atoms with Crippen molar-refractivity contribution in [2.24, 2.45) is 11.3 Å². The fraction of sp³-hybridized carbons (Fsp3) is 1.00. The molecule has 0 radical (unpaired) electrons. The van der Waals surface area contributed by atoms with Crippen molar-refractivity contribution in [3.8, 4) is 0 Å². The first-order chi connectivity index (χ1) is 7.46. The lowest BCUT2D eigenvalue weighted by atomic mass is 9.72. The summed E-state index contributed by atoms with van der Waals surface area (Å²) in [5, 5.41) is 0. The molecule has 0 spiro atoms. The highest BCUT2D eigenvalue weighted by Crippen LogP contribution is 2.37. The summed E-state index contributed by atoms with van der Waals surface area (Å²) >= 11 is 0. The van der Waals surface area contributed by atoms with Gasteiger partial charge in [0.2, 0.25) is 0 Å². The smallest absolute Gasteiger partial charge is 0.0593 e. The van der Waals surface area contributed by atoms with Crippen molar-refractivity contribution in [3.63, 3.8) is 0 Å². The van der Waals surface area contributed by atoms with Gasteiger partial charge < -0.3 is 4.74 Å². The molecule has 2 nitrogen and oxygen atoms in total. The van der Waals surface area contributed by atoms with Crippen molar-refractivity contribution >= 4 is 0 Å². The van der Waals surface area contributed by atoms with Gasteiger partial charge in [0.25, 0.3) is 0 Å². The van der Waals surface area contributed by atoms with Gasteiger partial charge in [0.1, 0.15) is 0 Å². The van der Waals surface area contributed by atoms with Crippen LogP contribution in [0.3, 0.4) is 0 Å². The molecule has 2 atom stereocenters. The van der Waals surface area contributed by atoms with Gasteiger partial charge >= 0.3 is 0 Å². The predicted molar refractivity (Wildman–Crippen MR) is 69.7 cm³/mol. The fourth-order valence-corrected chi connectivity index (χ4v) is 3.01. The van der Waals surface area contributed by atoms with Crippen molar-refractivity contribution in [1.29, 1.82) is 0 Å². The van der Waals surface area contributed by atoms with Gasteiger partial charge in [-0.2, -0.15) is 0 Å². The van der Waals surface area contributed by atoms with Crippen LogP contribution in [0.15, 0.2) is 0 Å². The summed E-state index contributed by atoms with van der Waals surface area (Å²) in [6, 6.07) is 0.703. The van der Waals surface area contributed by atoms with Gasteiger partial charge in [-0.3, -0.25) is 4.90 Å². The molecule has 0 aromatic rings. The van der Waals surface area contributed by atoms with E-state index in [2.05, 4.69) is 39.5 Å². The van der Waals surface area contributed by atoms with E-state index in [9.17, 15) is 0 Å². The third-order valence-electron chi connectivity index (χ3n) is 3.96. The Labute approximate surface area is 101 Å². The van der Waals surface area contributed by atoms with Crippen molar-refractivity contribution in [3.05, 3.63) is 0 Å². The lowest BCUT2D eigenvalue weighted by Crippen LogP contribution is -2.48. The van der Waals surface area contributed by atoms with Crippen LogP contribution in [0.1, 0.15) is 47.5 Å². The quantitative estimate of drug-likeness (QED) is 0.684. The summed E-state index contributed by atoms with van der Waals surface area (Å²) in [6.07, 6.45) is 2.73. The molecule has 0 amide bonds. The molecule has 1 rings (SSSR count). The number of ether oxygens (including phenoxy) is 1. The van der Waals surface area contributed by atoms with Crippen LogP contribution in [0.25, 0.3) is 0 Å². The van der Waals surface area contributed by atoms with E-state index in [1.165, 1.54) is 19.4 Å². The minimum absolute atomic E-state index is 0.434. The number of piperidine rings is 1. The Morgan fingerprint density at radius 1 is 1.31 bits per heavy atom. The number of likely N-dealkylation sites (tertiary alicyclic amines) is 1. The van der Waals surface area contributed by atoms with Crippen LogP contribution in [0.5, 0.6) is 0 Å². The molecule has 1 fully saturated rings. The maximum atomic E-state index is 5.46. The van der Waals surface area contributed by atoms with E-state index in [1.54, 1.807) is 0 Å². The first-order valence-electron chi connectivity index (χ1n) is 6.78. The maximum Gasteiger partial charge on any atom is 0.0593 e. The molecule has 1 saturated heterocycles. The molecule has 0 N–H and O–H groups in total. The molecule has 0 aromatic carbocycles. The van der Waals surface area contributed by atoms with E-state index >= 15 is 0 Å². The van der Waals surface area contributed by atoms with Gasteiger partial charge in [0.05, 0.1) is 6.61 Å². The van der Waals surface area contributed by atoms with Crippen LogP contribution >= 0.6 is 0 Å². The van der Waals surface area contributed by atoms with Crippen molar-refractivity contribution in [2.45, 2.75) is 53.5 Å². The zero-order chi connectivity index (χ0) is 12.2. The molecular formula is C14H29NO. The van der Waals surface area contributed by atoms with E-state index in [4.69, 9.17) is 4.74 Å². The summed E-state index contributed by atoms with van der Waals surface area (Å²) in [5.41, 5.74) is 0.434. The summed E-state index contributed by atoms with van der Waals surface area (Å²) < 4.78 is 5.46. The van der Waals surface area contributed by atoms with E-state index in [0.29, 0.717) is 11.5 Å². The Bertz CT molecular complexity index is 197. The first kappa shape index (κ1) is 14.0. The van der Waals surface area contributed by atoms with Gasteiger partial charge in [-0.25, -0.2) is 0 Å². The van der Waals surface area contributed by atoms with Crippen molar-refractivity contribution < 1.29 is 4.74 Å². The highest BCUT2D eigenvalue weighted by molar-refractivity contribution is 4.87. The van der Waals surface area contributed by atoms with Crippen molar-refractivity contribution in [1.82, 2.24) is 4.90 Å². The maximum absolute atomic E-state index is 5.46. The molecule has 96 valence electrons. The summed E-state index contributed by atoms with van der Waals surface area (Å²) in [4.78, 5) is 2.61. The zero-order valence-corrected chi connectivity index (χ0v) is 11.8. The van der Waals surface area contributed by atoms with Crippen LogP contribution < -0.4 is 0 Å². The van der Waals surface area contributed by atoms with E-state index in [0.717, 1.165) is 25.7 Å². The minimum Gasteiger partial charge on any atom is -0.380 e. The summed E-state index contributed by atoms with van der Waals surface area (Å²) in [7, 11) is 0. The second-order valence-corrected chi connectivity index (χ2v) is 6.09. The molecule has 0 saturated carbocycles. The minimum atomic E-state index is 0.434. The van der Waals surface area contributed by atoms with Crippen molar-refractivity contribution in [2.75, 3.05) is 26.3 Å². The lowest BCUT2D eigenvalue weighted by molar-refractivity contribution is 0.0200. The average Bonchev–Trinajstić information content (AvgIpc) is 2.19. The van der Waals surface area contributed by atoms with Crippen LogP contribution in [0.4, 0.5) is 0 Å². The monoisotopic (exact) mass is 227 g/mol. The second kappa shape index (κ2) is 6.02. The number of nitrogens with zero attached hydrogens (tertiary/aromatic N) is 1. The number of rotatable bonds is 4. The third kappa shape index (κ3) is 3.74. The lowest BCUT2D eigenvalue weighted by Gasteiger charge is -2.45. The molecule has 16 heavy (non-hydrogen) atoms. The number of hydrogen-bond donors (Lipinski definition) is 0. The molecule has 0 aliphatic carbocycles. The van der Waals surface area contributed by atoms with Crippen LogP contribution in [0.2, 0.25) is 0 Å². The molecule has 0 bridgehead atoms. The molecule has 1 aliphatic rings. The van der Waals surface area contributed by atoms with Gasteiger partial charge in [0, 0.05) is 19.2 Å². The molecular weight excluding hydrogens is 198 g/mol. The van der Waals surface area contributed by atoms with Gasteiger partial charge in [0.15, 0.2) is 0 Å². The first-order valence-corrected chi connectivity index (χ1v) is 6.78. The van der Waals surface area contributed by atoms with E-state index in [1.807, 2.05) is 0 Å². The Hall–Kier alpha value is -0.0800. The fourth-order valence-electron chi connectivity index (χ4n) is 3.01. The van der Waals surface area contributed by atoms with Crippen LogP contribution in [0, 0.1) is 11.3 Å².